The van der Waals surface area contributed by atoms with Gasteiger partial charge in [-0.1, -0.05) is 13.0 Å². The lowest BCUT2D eigenvalue weighted by molar-refractivity contribution is -0.174. The van der Waals surface area contributed by atoms with Crippen molar-refractivity contribution in [3.8, 4) is 0 Å². The number of methoxy groups -OCH3 is 1. The SMILES string of the molecule is C=C[C@@H](C)[C@](O)(C(C)=O)C(=O)OCCOC. The number of rotatable bonds is 7. The third kappa shape index (κ3) is 3.15. The molecule has 92 valence electrons. The molecule has 0 saturated carbocycles. The first-order valence-corrected chi connectivity index (χ1v) is 4.93. The predicted octanol–water partition coefficient (Wildman–Crippen LogP) is 0.318. The van der Waals surface area contributed by atoms with Crippen molar-refractivity contribution >= 4 is 11.8 Å². The molecule has 0 fully saturated rings. The molecule has 0 aromatic carbocycles. The van der Waals surface area contributed by atoms with E-state index in [1.165, 1.54) is 20.1 Å². The van der Waals surface area contributed by atoms with Gasteiger partial charge in [-0.25, -0.2) is 4.79 Å². The topological polar surface area (TPSA) is 72.8 Å². The Labute approximate surface area is 95.0 Å². The van der Waals surface area contributed by atoms with Crippen molar-refractivity contribution in [1.82, 2.24) is 0 Å². The molecule has 0 unspecified atom stereocenters. The summed E-state index contributed by atoms with van der Waals surface area (Å²) >= 11 is 0. The summed E-state index contributed by atoms with van der Waals surface area (Å²) in [5.74, 6) is -2.34. The minimum Gasteiger partial charge on any atom is -0.461 e. The molecule has 2 atom stereocenters. The lowest BCUT2D eigenvalue weighted by atomic mass is 9.85. The summed E-state index contributed by atoms with van der Waals surface area (Å²) in [6.45, 7) is 6.30. The molecule has 5 heteroatoms. The van der Waals surface area contributed by atoms with Gasteiger partial charge in [-0.15, -0.1) is 6.58 Å². The first kappa shape index (κ1) is 14.8. The average molecular weight is 230 g/mol. The fourth-order valence-electron chi connectivity index (χ4n) is 1.15. The van der Waals surface area contributed by atoms with Crippen molar-refractivity contribution in [3.63, 3.8) is 0 Å². The summed E-state index contributed by atoms with van der Waals surface area (Å²) in [6.07, 6.45) is 1.33. The van der Waals surface area contributed by atoms with Crippen molar-refractivity contribution in [2.24, 2.45) is 5.92 Å². The van der Waals surface area contributed by atoms with Crippen LogP contribution in [0.1, 0.15) is 13.8 Å². The number of ketones is 1. The maximum atomic E-state index is 11.6. The molecule has 0 heterocycles. The Morgan fingerprint density at radius 2 is 2.06 bits per heavy atom. The van der Waals surface area contributed by atoms with Crippen LogP contribution in [0.25, 0.3) is 0 Å². The molecule has 0 aromatic heterocycles. The molecule has 0 radical (unpaired) electrons. The summed E-state index contributed by atoms with van der Waals surface area (Å²) in [7, 11) is 1.46. The molecule has 1 N–H and O–H groups in total. The van der Waals surface area contributed by atoms with Gasteiger partial charge in [0.2, 0.25) is 5.60 Å². The Bertz CT molecular complexity index is 274. The van der Waals surface area contributed by atoms with Gasteiger partial charge in [-0.3, -0.25) is 4.79 Å². The highest BCUT2D eigenvalue weighted by Gasteiger charge is 2.46. The smallest absolute Gasteiger partial charge is 0.346 e. The monoisotopic (exact) mass is 230 g/mol. The predicted molar refractivity (Wildman–Crippen MR) is 57.8 cm³/mol. The molecule has 0 spiro atoms. The highest BCUT2D eigenvalue weighted by molar-refractivity contribution is 6.06. The lowest BCUT2D eigenvalue weighted by Gasteiger charge is -2.27. The number of carbonyl (C=O) groups is 2. The van der Waals surface area contributed by atoms with Gasteiger partial charge < -0.3 is 14.6 Å². The molecular weight excluding hydrogens is 212 g/mol. The molecule has 0 bridgehead atoms. The van der Waals surface area contributed by atoms with Crippen LogP contribution >= 0.6 is 0 Å². The molecule has 5 nitrogen and oxygen atoms in total. The average Bonchev–Trinajstić information content (AvgIpc) is 2.26. The molecule has 0 aliphatic heterocycles. The van der Waals surface area contributed by atoms with Crippen LogP contribution in [-0.4, -0.2) is 42.8 Å². The molecule has 0 aliphatic rings. The third-order valence-corrected chi connectivity index (χ3v) is 2.38. The molecule has 16 heavy (non-hydrogen) atoms. The first-order valence-electron chi connectivity index (χ1n) is 4.93. The third-order valence-electron chi connectivity index (χ3n) is 2.38. The molecular formula is C11H18O5. The van der Waals surface area contributed by atoms with E-state index in [0.717, 1.165) is 6.92 Å². The van der Waals surface area contributed by atoms with Crippen LogP contribution in [0.15, 0.2) is 12.7 Å². The van der Waals surface area contributed by atoms with E-state index in [9.17, 15) is 14.7 Å². The normalized spacial score (nSPS) is 16.0. The highest BCUT2D eigenvalue weighted by Crippen LogP contribution is 2.21. The van der Waals surface area contributed by atoms with E-state index in [4.69, 9.17) is 4.74 Å². The maximum absolute atomic E-state index is 11.6. The van der Waals surface area contributed by atoms with Crippen LogP contribution in [0.5, 0.6) is 0 Å². The van der Waals surface area contributed by atoms with Crippen molar-refractivity contribution in [2.75, 3.05) is 20.3 Å². The highest BCUT2D eigenvalue weighted by atomic mass is 16.6. The number of ether oxygens (including phenoxy) is 2. The summed E-state index contributed by atoms with van der Waals surface area (Å²) in [5.41, 5.74) is -2.16. The van der Waals surface area contributed by atoms with Gasteiger partial charge in [0.05, 0.1) is 6.61 Å². The van der Waals surface area contributed by atoms with E-state index in [-0.39, 0.29) is 13.2 Å². The number of hydrogen-bond acceptors (Lipinski definition) is 5. The van der Waals surface area contributed by atoms with Crippen molar-refractivity contribution < 1.29 is 24.2 Å². The van der Waals surface area contributed by atoms with Gasteiger partial charge in [0, 0.05) is 13.0 Å². The summed E-state index contributed by atoms with van der Waals surface area (Å²) in [6, 6.07) is 0. The first-order chi connectivity index (χ1) is 7.41. The number of aliphatic hydroxyl groups is 1. The Balaban J connectivity index is 4.71. The molecule has 0 aromatic rings. The van der Waals surface area contributed by atoms with Gasteiger partial charge in [-0.05, 0) is 6.92 Å². The van der Waals surface area contributed by atoms with Crippen LogP contribution in [0.2, 0.25) is 0 Å². The standard InChI is InChI=1S/C11H18O5/c1-5-8(2)11(14,9(3)12)10(13)16-7-6-15-4/h5,8,14H,1,6-7H2,2-4H3/t8-,11+/m1/s1. The summed E-state index contributed by atoms with van der Waals surface area (Å²) in [4.78, 5) is 22.9. The van der Waals surface area contributed by atoms with Gasteiger partial charge >= 0.3 is 5.97 Å². The zero-order valence-electron chi connectivity index (χ0n) is 9.86. The Kier molecular flexibility index (Phi) is 5.92. The fraction of sp³-hybridized carbons (Fsp3) is 0.636. The zero-order valence-corrected chi connectivity index (χ0v) is 9.86. The largest absolute Gasteiger partial charge is 0.461 e. The van der Waals surface area contributed by atoms with E-state index < -0.39 is 23.3 Å². The summed E-state index contributed by atoms with van der Waals surface area (Å²) in [5, 5.41) is 9.99. The fourth-order valence-corrected chi connectivity index (χ4v) is 1.15. The van der Waals surface area contributed by atoms with Gasteiger partial charge in [-0.2, -0.15) is 0 Å². The minimum atomic E-state index is -2.16. The lowest BCUT2D eigenvalue weighted by Crippen LogP contribution is -2.51. The van der Waals surface area contributed by atoms with E-state index in [1.54, 1.807) is 0 Å². The second-order valence-corrected chi connectivity index (χ2v) is 3.48. The van der Waals surface area contributed by atoms with E-state index in [2.05, 4.69) is 11.3 Å². The number of esters is 1. The summed E-state index contributed by atoms with van der Waals surface area (Å²) < 4.78 is 9.44. The molecule has 0 saturated heterocycles. The van der Waals surface area contributed by atoms with E-state index in [1.807, 2.05) is 0 Å². The van der Waals surface area contributed by atoms with E-state index >= 15 is 0 Å². The van der Waals surface area contributed by atoms with Crippen LogP contribution in [0.4, 0.5) is 0 Å². The Hall–Kier alpha value is -1.20. The van der Waals surface area contributed by atoms with Crippen LogP contribution < -0.4 is 0 Å². The number of carbonyl (C=O) groups excluding carboxylic acids is 2. The Morgan fingerprint density at radius 3 is 2.44 bits per heavy atom. The Morgan fingerprint density at radius 1 is 1.50 bits per heavy atom. The van der Waals surface area contributed by atoms with Crippen molar-refractivity contribution in [1.29, 1.82) is 0 Å². The van der Waals surface area contributed by atoms with Gasteiger partial charge in [0.15, 0.2) is 5.78 Å². The van der Waals surface area contributed by atoms with Crippen LogP contribution in [-0.2, 0) is 19.1 Å². The maximum Gasteiger partial charge on any atom is 0.346 e. The van der Waals surface area contributed by atoms with Crippen LogP contribution in [0.3, 0.4) is 0 Å². The van der Waals surface area contributed by atoms with Gasteiger partial charge in [0.1, 0.15) is 6.61 Å². The minimum absolute atomic E-state index is 0.00517. The quantitative estimate of drug-likeness (QED) is 0.295. The molecule has 0 aliphatic carbocycles. The molecule has 0 amide bonds. The van der Waals surface area contributed by atoms with E-state index in [0.29, 0.717) is 0 Å². The molecule has 0 rings (SSSR count). The zero-order chi connectivity index (χ0) is 12.8. The van der Waals surface area contributed by atoms with Gasteiger partial charge in [0.25, 0.3) is 0 Å². The second-order valence-electron chi connectivity index (χ2n) is 3.48. The van der Waals surface area contributed by atoms with Crippen molar-refractivity contribution in [3.05, 3.63) is 12.7 Å². The van der Waals surface area contributed by atoms with Crippen molar-refractivity contribution in [2.45, 2.75) is 19.4 Å². The number of Topliss-reactive ketones (excluding diaryl/α,β-unsaturated/α-hetero) is 1. The van der Waals surface area contributed by atoms with Crippen LogP contribution in [0, 0.1) is 5.92 Å². The number of hydrogen-bond donors (Lipinski definition) is 1. The second kappa shape index (κ2) is 6.40.